The second-order valence-corrected chi connectivity index (χ2v) is 6.17. The zero-order valence-corrected chi connectivity index (χ0v) is 14.1. The molecule has 6 nitrogen and oxygen atoms in total. The van der Waals surface area contributed by atoms with E-state index in [1.807, 2.05) is 11.8 Å². The number of rotatable bonds is 4. The highest BCUT2D eigenvalue weighted by atomic mass is 19.1. The lowest BCUT2D eigenvalue weighted by Gasteiger charge is -2.29. The van der Waals surface area contributed by atoms with Gasteiger partial charge in [-0.15, -0.1) is 0 Å². The number of aliphatic carboxylic acids is 1. The molecule has 0 amide bonds. The molecule has 1 aliphatic heterocycles. The van der Waals surface area contributed by atoms with E-state index in [2.05, 4.69) is 14.9 Å². The highest BCUT2D eigenvalue weighted by molar-refractivity contribution is 5.76. The molecule has 2 heterocycles. The van der Waals surface area contributed by atoms with E-state index < -0.39 is 17.8 Å². The van der Waals surface area contributed by atoms with Crippen molar-refractivity contribution in [2.45, 2.75) is 19.4 Å². The van der Waals surface area contributed by atoms with Gasteiger partial charge in [-0.2, -0.15) is 0 Å². The summed E-state index contributed by atoms with van der Waals surface area (Å²) in [5.74, 6) is -0.725. The molecular formula is C18H21FN4O2. The lowest BCUT2D eigenvalue weighted by molar-refractivity contribution is -0.143. The molecule has 7 heteroatoms. The summed E-state index contributed by atoms with van der Waals surface area (Å²) in [5.41, 5.74) is 1.29. The van der Waals surface area contributed by atoms with Crippen molar-refractivity contribution in [1.29, 1.82) is 0 Å². The first-order chi connectivity index (χ1) is 12.1. The topological polar surface area (TPSA) is 69.6 Å². The molecule has 1 aromatic heterocycles. The fourth-order valence-corrected chi connectivity index (χ4v) is 3.24. The lowest BCUT2D eigenvalue weighted by atomic mass is 9.99. The molecular weight excluding hydrogens is 323 g/mol. The average molecular weight is 344 g/mol. The van der Waals surface area contributed by atoms with Crippen LogP contribution in [0.25, 0.3) is 0 Å². The SMILES string of the molecule is Cc1ccc(F)cc1[C@@H](C(=O)O)N1CCCN(c2ncccn2)CC1. The zero-order chi connectivity index (χ0) is 17.8. The van der Waals surface area contributed by atoms with Gasteiger partial charge in [0.05, 0.1) is 0 Å². The molecule has 1 aliphatic rings. The Labute approximate surface area is 145 Å². The highest BCUT2D eigenvalue weighted by Gasteiger charge is 2.30. The van der Waals surface area contributed by atoms with Crippen molar-refractivity contribution >= 4 is 11.9 Å². The molecule has 0 radical (unpaired) electrons. The summed E-state index contributed by atoms with van der Waals surface area (Å²) in [7, 11) is 0. The Hall–Kier alpha value is -2.54. The summed E-state index contributed by atoms with van der Waals surface area (Å²) in [6, 6.07) is 5.22. The van der Waals surface area contributed by atoms with Crippen LogP contribution in [-0.2, 0) is 4.79 Å². The van der Waals surface area contributed by atoms with Crippen LogP contribution in [0.3, 0.4) is 0 Å². The van der Waals surface area contributed by atoms with Gasteiger partial charge in [0, 0.05) is 38.6 Å². The number of carboxylic acids is 1. The van der Waals surface area contributed by atoms with Gasteiger partial charge in [-0.1, -0.05) is 6.07 Å². The van der Waals surface area contributed by atoms with E-state index in [4.69, 9.17) is 0 Å². The number of hydrogen-bond acceptors (Lipinski definition) is 5. The molecule has 1 N–H and O–H groups in total. The van der Waals surface area contributed by atoms with Crippen LogP contribution in [0.4, 0.5) is 10.3 Å². The van der Waals surface area contributed by atoms with Crippen LogP contribution in [0.5, 0.6) is 0 Å². The minimum absolute atomic E-state index is 0.416. The normalized spacial score (nSPS) is 17.1. The molecule has 132 valence electrons. The summed E-state index contributed by atoms with van der Waals surface area (Å²) in [6.07, 6.45) is 4.18. The third-order valence-electron chi connectivity index (χ3n) is 4.50. The predicted molar refractivity (Wildman–Crippen MR) is 91.9 cm³/mol. The summed E-state index contributed by atoms with van der Waals surface area (Å²) < 4.78 is 13.7. The van der Waals surface area contributed by atoms with Crippen molar-refractivity contribution in [1.82, 2.24) is 14.9 Å². The molecule has 0 saturated carbocycles. The first-order valence-electron chi connectivity index (χ1n) is 8.31. The Morgan fingerprint density at radius 1 is 1.20 bits per heavy atom. The van der Waals surface area contributed by atoms with Crippen LogP contribution >= 0.6 is 0 Å². The molecule has 25 heavy (non-hydrogen) atoms. The lowest BCUT2D eigenvalue weighted by Crippen LogP contribution is -2.38. The summed E-state index contributed by atoms with van der Waals surface area (Å²) >= 11 is 0. The van der Waals surface area contributed by atoms with Crippen LogP contribution in [0, 0.1) is 12.7 Å². The molecule has 0 unspecified atom stereocenters. The number of nitrogens with zero attached hydrogens (tertiary/aromatic N) is 4. The Balaban J connectivity index is 1.81. The quantitative estimate of drug-likeness (QED) is 0.917. The summed E-state index contributed by atoms with van der Waals surface area (Å²) in [6.45, 7) is 4.37. The molecule has 3 rings (SSSR count). The smallest absolute Gasteiger partial charge is 0.325 e. The van der Waals surface area contributed by atoms with Gasteiger partial charge in [-0.3, -0.25) is 9.69 Å². The van der Waals surface area contributed by atoms with Crippen molar-refractivity contribution in [2.75, 3.05) is 31.1 Å². The van der Waals surface area contributed by atoms with E-state index in [9.17, 15) is 14.3 Å². The van der Waals surface area contributed by atoms with Gasteiger partial charge in [0.15, 0.2) is 0 Å². The standard InChI is InChI=1S/C18H21FN4O2/c1-13-4-5-14(19)12-15(13)16(17(24)25)22-8-3-9-23(11-10-22)18-20-6-2-7-21-18/h2,4-7,12,16H,3,8-11H2,1H3,(H,24,25)/t16-/m0/s1. The number of aromatic nitrogens is 2. The molecule has 1 aromatic carbocycles. The first-order valence-corrected chi connectivity index (χ1v) is 8.31. The van der Waals surface area contributed by atoms with E-state index in [1.165, 1.54) is 12.1 Å². The predicted octanol–water partition coefficient (Wildman–Crippen LogP) is 2.26. The maximum absolute atomic E-state index is 13.7. The first kappa shape index (κ1) is 17.3. The molecule has 1 saturated heterocycles. The minimum atomic E-state index is -0.960. The summed E-state index contributed by atoms with van der Waals surface area (Å²) in [5, 5.41) is 9.77. The number of hydrogen-bond donors (Lipinski definition) is 1. The van der Waals surface area contributed by atoms with Crippen molar-refractivity contribution in [3.8, 4) is 0 Å². The van der Waals surface area contributed by atoms with Crippen molar-refractivity contribution in [2.24, 2.45) is 0 Å². The van der Waals surface area contributed by atoms with E-state index in [0.717, 1.165) is 18.5 Å². The number of anilines is 1. The van der Waals surface area contributed by atoms with Crippen LogP contribution in [-0.4, -0.2) is 52.1 Å². The van der Waals surface area contributed by atoms with E-state index in [0.29, 0.717) is 31.1 Å². The van der Waals surface area contributed by atoms with Gasteiger partial charge >= 0.3 is 5.97 Å². The van der Waals surface area contributed by atoms with Crippen molar-refractivity contribution in [3.05, 3.63) is 53.6 Å². The number of carboxylic acid groups (broad SMARTS) is 1. The maximum Gasteiger partial charge on any atom is 0.325 e. The molecule has 1 atom stereocenters. The number of carbonyl (C=O) groups is 1. The van der Waals surface area contributed by atoms with Gasteiger partial charge in [-0.05, 0) is 42.7 Å². The number of benzene rings is 1. The fourth-order valence-electron chi connectivity index (χ4n) is 3.24. The van der Waals surface area contributed by atoms with Gasteiger partial charge in [0.2, 0.25) is 5.95 Å². The molecule has 0 spiro atoms. The van der Waals surface area contributed by atoms with E-state index in [1.54, 1.807) is 24.5 Å². The zero-order valence-electron chi connectivity index (χ0n) is 14.1. The molecule has 1 fully saturated rings. The Bertz CT molecular complexity index is 741. The third-order valence-corrected chi connectivity index (χ3v) is 4.50. The fraction of sp³-hybridized carbons (Fsp3) is 0.389. The van der Waals surface area contributed by atoms with Gasteiger partial charge in [0.1, 0.15) is 11.9 Å². The second-order valence-electron chi connectivity index (χ2n) is 6.17. The Kier molecular flexibility index (Phi) is 5.23. The third kappa shape index (κ3) is 3.93. The number of halogens is 1. The van der Waals surface area contributed by atoms with Gasteiger partial charge < -0.3 is 10.0 Å². The minimum Gasteiger partial charge on any atom is -0.480 e. The van der Waals surface area contributed by atoms with Crippen molar-refractivity contribution < 1.29 is 14.3 Å². The molecule has 0 aliphatic carbocycles. The van der Waals surface area contributed by atoms with Crippen LogP contribution in [0.1, 0.15) is 23.6 Å². The van der Waals surface area contributed by atoms with E-state index >= 15 is 0 Å². The Morgan fingerprint density at radius 2 is 1.96 bits per heavy atom. The second kappa shape index (κ2) is 7.57. The van der Waals surface area contributed by atoms with Crippen LogP contribution in [0.15, 0.2) is 36.7 Å². The average Bonchev–Trinajstić information content (AvgIpc) is 2.85. The summed E-state index contributed by atoms with van der Waals surface area (Å²) in [4.78, 5) is 24.4. The van der Waals surface area contributed by atoms with Crippen LogP contribution < -0.4 is 4.90 Å². The number of aryl methyl sites for hydroxylation is 1. The Morgan fingerprint density at radius 3 is 2.68 bits per heavy atom. The molecule has 0 bridgehead atoms. The monoisotopic (exact) mass is 344 g/mol. The maximum atomic E-state index is 13.7. The van der Waals surface area contributed by atoms with Gasteiger partial charge in [-0.25, -0.2) is 14.4 Å². The van der Waals surface area contributed by atoms with Crippen molar-refractivity contribution in [3.63, 3.8) is 0 Å². The van der Waals surface area contributed by atoms with Crippen LogP contribution in [0.2, 0.25) is 0 Å². The highest BCUT2D eigenvalue weighted by Crippen LogP contribution is 2.26. The molecule has 2 aromatic rings. The van der Waals surface area contributed by atoms with Gasteiger partial charge in [0.25, 0.3) is 0 Å². The largest absolute Gasteiger partial charge is 0.480 e. The van der Waals surface area contributed by atoms with E-state index in [-0.39, 0.29) is 0 Å².